The number of H-pyrrole nitrogens is 1. The molecule has 1 aromatic heterocycles. The van der Waals surface area contributed by atoms with E-state index in [1.54, 1.807) is 24.3 Å². The number of methoxy groups -OCH3 is 2. The molecule has 4 N–H and O–H groups in total. The summed E-state index contributed by atoms with van der Waals surface area (Å²) < 4.78 is 14.9. The number of fused-ring (bicyclic) bond motifs is 1. The van der Waals surface area contributed by atoms with Gasteiger partial charge in [-0.05, 0) is 50.3 Å². The van der Waals surface area contributed by atoms with Crippen molar-refractivity contribution >= 4 is 40.6 Å². The first-order chi connectivity index (χ1) is 19.5. The lowest BCUT2D eigenvalue weighted by molar-refractivity contribution is -0.140. The maximum absolute atomic E-state index is 13.4. The molecule has 4 atom stereocenters. The molecule has 0 aliphatic carbocycles. The minimum atomic E-state index is -1.16. The van der Waals surface area contributed by atoms with Crippen LogP contribution in [0, 0.1) is 11.8 Å². The molecule has 0 saturated carbocycles. The number of Topliss-reactive ketones (excluding diaryl/α,β-unsaturated/α-hetero) is 1. The lowest BCUT2D eigenvalue weighted by Crippen LogP contribution is -2.53. The normalized spacial score (nSPS) is 17.2. The number of hydrogen-bond donors (Lipinski definition) is 4. The van der Waals surface area contributed by atoms with Gasteiger partial charge in [-0.15, -0.1) is 0 Å². The number of amides is 3. The number of nitrogens with zero attached hydrogens (tertiary/aromatic N) is 1. The first kappa shape index (κ1) is 31.4. The predicted molar refractivity (Wildman–Crippen MR) is 147 cm³/mol. The van der Waals surface area contributed by atoms with Crippen LogP contribution in [0.2, 0.25) is 0 Å². The van der Waals surface area contributed by atoms with E-state index >= 15 is 0 Å². The van der Waals surface area contributed by atoms with E-state index in [4.69, 9.17) is 9.47 Å². The highest BCUT2D eigenvalue weighted by Gasteiger charge is 2.39. The topological polar surface area (TPSA) is 176 Å². The van der Waals surface area contributed by atoms with E-state index < -0.39 is 54.6 Å². The van der Waals surface area contributed by atoms with Gasteiger partial charge in [0.05, 0.1) is 20.3 Å². The Hall–Kier alpha value is -4.13. The van der Waals surface area contributed by atoms with Crippen LogP contribution in [0.5, 0.6) is 5.75 Å². The first-order valence-corrected chi connectivity index (χ1v) is 13.4. The van der Waals surface area contributed by atoms with Crippen molar-refractivity contribution in [2.45, 2.75) is 58.3 Å². The monoisotopic (exact) mass is 574 g/mol. The summed E-state index contributed by atoms with van der Waals surface area (Å²) >= 11 is 0. The number of aromatic nitrogens is 1. The fourth-order valence-corrected chi connectivity index (χ4v) is 4.90. The van der Waals surface area contributed by atoms with Crippen LogP contribution in [0.4, 0.5) is 4.79 Å². The lowest BCUT2D eigenvalue weighted by atomic mass is 9.95. The molecule has 0 bridgehead atoms. The van der Waals surface area contributed by atoms with E-state index in [2.05, 4.69) is 20.4 Å². The molecule has 2 aromatic rings. The van der Waals surface area contributed by atoms with Gasteiger partial charge in [-0.2, -0.15) is 0 Å². The fourth-order valence-electron chi connectivity index (χ4n) is 4.90. The summed E-state index contributed by atoms with van der Waals surface area (Å²) in [6, 6.07) is 4.83. The lowest BCUT2D eigenvalue weighted by Gasteiger charge is -2.26. The Morgan fingerprint density at radius 1 is 1.12 bits per heavy atom. The zero-order valence-corrected chi connectivity index (χ0v) is 23.9. The van der Waals surface area contributed by atoms with Crippen LogP contribution in [0.15, 0.2) is 24.3 Å². The van der Waals surface area contributed by atoms with Crippen LogP contribution in [0.1, 0.15) is 50.5 Å². The van der Waals surface area contributed by atoms with Crippen LogP contribution in [0.3, 0.4) is 0 Å². The summed E-state index contributed by atoms with van der Waals surface area (Å²) in [4.78, 5) is 67.9. The highest BCUT2D eigenvalue weighted by molar-refractivity contribution is 6.02. The van der Waals surface area contributed by atoms with Crippen LogP contribution in [-0.4, -0.2) is 90.3 Å². The maximum Gasteiger partial charge on any atom is 0.509 e. The maximum atomic E-state index is 13.4. The molecule has 1 aliphatic heterocycles. The summed E-state index contributed by atoms with van der Waals surface area (Å²) in [6.45, 7) is 4.74. The number of hydrogen-bond acceptors (Lipinski definition) is 9. The van der Waals surface area contributed by atoms with E-state index in [9.17, 15) is 29.1 Å². The summed E-state index contributed by atoms with van der Waals surface area (Å²) in [7, 11) is 2.69. The number of ether oxygens (including phenoxy) is 3. The molecule has 3 rings (SSSR count). The molecule has 0 unspecified atom stereocenters. The Bertz CT molecular complexity index is 1270. The average molecular weight is 575 g/mol. The van der Waals surface area contributed by atoms with Crippen LogP contribution in [-0.2, 0) is 23.9 Å². The number of carbonyl (C=O) groups is 5. The van der Waals surface area contributed by atoms with Gasteiger partial charge < -0.3 is 39.8 Å². The molecular weight excluding hydrogens is 536 g/mol. The zero-order chi connectivity index (χ0) is 30.3. The quantitative estimate of drug-likeness (QED) is 0.260. The largest absolute Gasteiger partial charge is 0.509 e. The second-order valence-electron chi connectivity index (χ2n) is 10.4. The van der Waals surface area contributed by atoms with Gasteiger partial charge in [0.25, 0.3) is 5.91 Å². The number of ketones is 1. The van der Waals surface area contributed by atoms with Crippen LogP contribution >= 0.6 is 0 Å². The molecular formula is C28H38N4O9. The molecule has 1 fully saturated rings. The first-order valence-electron chi connectivity index (χ1n) is 13.4. The number of aromatic amines is 1. The number of likely N-dealkylation sites (tertiary alicyclic amines) is 1. The molecule has 41 heavy (non-hydrogen) atoms. The van der Waals surface area contributed by atoms with Gasteiger partial charge >= 0.3 is 6.16 Å². The van der Waals surface area contributed by atoms with E-state index in [0.717, 1.165) is 7.11 Å². The van der Waals surface area contributed by atoms with Crippen LogP contribution < -0.4 is 15.4 Å². The molecule has 1 saturated heterocycles. The SMILES string of the molecule is COC(=O)O[C@@H](C)N1CC[C@@H](C[C@H](NC(=O)[C@H](CC(C)C)NC(=O)c2cc3c(OC)cccc3[nH]2)C(=O)CO)C1=O. The molecule has 1 aliphatic rings. The number of aliphatic hydroxyl groups excluding tert-OH is 1. The minimum absolute atomic E-state index is 0.0158. The van der Waals surface area contributed by atoms with Crippen molar-refractivity contribution in [2.75, 3.05) is 27.4 Å². The smallest absolute Gasteiger partial charge is 0.496 e. The van der Waals surface area contributed by atoms with Crippen molar-refractivity contribution in [1.82, 2.24) is 20.5 Å². The number of aliphatic hydroxyl groups is 1. The van der Waals surface area contributed by atoms with Gasteiger partial charge in [-0.1, -0.05) is 19.9 Å². The fraction of sp³-hybridized carbons (Fsp3) is 0.536. The molecule has 0 spiro atoms. The Morgan fingerprint density at radius 2 is 1.85 bits per heavy atom. The van der Waals surface area contributed by atoms with Gasteiger partial charge in [0, 0.05) is 23.4 Å². The van der Waals surface area contributed by atoms with Crippen molar-refractivity contribution in [3.8, 4) is 5.75 Å². The second-order valence-corrected chi connectivity index (χ2v) is 10.4. The number of carbonyl (C=O) groups excluding carboxylic acids is 5. The van der Waals surface area contributed by atoms with E-state index in [1.165, 1.54) is 18.9 Å². The van der Waals surface area contributed by atoms with Crippen LogP contribution in [0.25, 0.3) is 10.9 Å². The predicted octanol–water partition coefficient (Wildman–Crippen LogP) is 1.73. The third kappa shape index (κ3) is 7.75. The third-order valence-electron chi connectivity index (χ3n) is 7.02. The van der Waals surface area contributed by atoms with Gasteiger partial charge in [0.2, 0.25) is 11.8 Å². The van der Waals surface area contributed by atoms with Crippen molar-refractivity contribution < 1.29 is 43.3 Å². The molecule has 2 heterocycles. The van der Waals surface area contributed by atoms with Gasteiger partial charge in [0.1, 0.15) is 24.1 Å². The molecule has 13 heteroatoms. The summed E-state index contributed by atoms with van der Waals surface area (Å²) in [5.74, 6) is -2.20. The third-order valence-corrected chi connectivity index (χ3v) is 7.02. The highest BCUT2D eigenvalue weighted by atomic mass is 16.7. The number of rotatable bonds is 13. The molecule has 224 valence electrons. The van der Waals surface area contributed by atoms with Crippen molar-refractivity contribution in [2.24, 2.45) is 11.8 Å². The molecule has 3 amide bonds. The van der Waals surface area contributed by atoms with Gasteiger partial charge in [-0.25, -0.2) is 4.79 Å². The second kappa shape index (κ2) is 14.0. The Balaban J connectivity index is 1.72. The van der Waals surface area contributed by atoms with E-state index in [-0.39, 0.29) is 36.9 Å². The molecule has 1 aromatic carbocycles. The summed E-state index contributed by atoms with van der Waals surface area (Å²) in [5.41, 5.74) is 0.920. The van der Waals surface area contributed by atoms with Crippen molar-refractivity contribution in [3.63, 3.8) is 0 Å². The summed E-state index contributed by atoms with van der Waals surface area (Å²) in [6.07, 6.45) is -1.24. The van der Waals surface area contributed by atoms with Gasteiger partial charge in [-0.3, -0.25) is 19.2 Å². The van der Waals surface area contributed by atoms with Crippen molar-refractivity contribution in [1.29, 1.82) is 0 Å². The Kier molecular flexibility index (Phi) is 10.7. The standard InChI is InChI=1S/C28H38N4O9/c1-15(2)11-21(31-26(36)22-13-18-19(29-22)7-6-8-24(18)39-4)25(35)30-20(23(34)14-33)12-17-9-10-32(27(17)37)16(3)41-28(38)40-5/h6-8,13,15-17,20-21,29,33H,9-12,14H2,1-5H3,(H,30,35)(H,31,36)/t16-,17-,20-,21-/m0/s1. The van der Waals surface area contributed by atoms with Crippen molar-refractivity contribution in [3.05, 3.63) is 30.0 Å². The zero-order valence-electron chi connectivity index (χ0n) is 23.9. The number of benzene rings is 1. The van der Waals surface area contributed by atoms with Gasteiger partial charge in [0.15, 0.2) is 12.0 Å². The molecule has 13 nitrogen and oxygen atoms in total. The van der Waals surface area contributed by atoms with E-state index in [1.807, 2.05) is 13.8 Å². The molecule has 0 radical (unpaired) electrons. The number of nitrogens with one attached hydrogen (secondary N) is 3. The minimum Gasteiger partial charge on any atom is -0.496 e. The Morgan fingerprint density at radius 3 is 2.49 bits per heavy atom. The van der Waals surface area contributed by atoms with E-state index in [0.29, 0.717) is 23.1 Å². The summed E-state index contributed by atoms with van der Waals surface area (Å²) in [5, 5.41) is 15.7. The average Bonchev–Trinajstić information content (AvgIpc) is 3.55. The Labute approximate surface area is 237 Å². The highest BCUT2D eigenvalue weighted by Crippen LogP contribution is 2.27.